The first-order valence-corrected chi connectivity index (χ1v) is 3.36. The van der Waals surface area contributed by atoms with Gasteiger partial charge in [0.05, 0.1) is 6.54 Å². The second kappa shape index (κ2) is 6.92. The van der Waals surface area contributed by atoms with Crippen LogP contribution in [0, 0.1) is 12.3 Å². The van der Waals surface area contributed by atoms with Gasteiger partial charge in [0.1, 0.15) is 0 Å². The van der Waals surface area contributed by atoms with E-state index in [0.29, 0.717) is 6.04 Å². The third kappa shape index (κ3) is 4.67. The van der Waals surface area contributed by atoms with E-state index in [9.17, 15) is 0 Å². The first-order chi connectivity index (χ1) is 4.22. The molecule has 0 fully saturated rings. The SMILES string of the molecule is C#CCN(C)C(C)CC.Cl. The maximum atomic E-state index is 5.13. The summed E-state index contributed by atoms with van der Waals surface area (Å²) in [6.07, 6.45) is 6.30. The highest BCUT2D eigenvalue weighted by molar-refractivity contribution is 5.85. The Morgan fingerprint density at radius 1 is 1.60 bits per heavy atom. The topological polar surface area (TPSA) is 3.24 Å². The number of hydrogen-bond donors (Lipinski definition) is 0. The van der Waals surface area contributed by atoms with Crippen molar-refractivity contribution in [2.75, 3.05) is 13.6 Å². The summed E-state index contributed by atoms with van der Waals surface area (Å²) >= 11 is 0. The van der Waals surface area contributed by atoms with Gasteiger partial charge in [0.15, 0.2) is 0 Å². The van der Waals surface area contributed by atoms with E-state index in [2.05, 4.69) is 24.7 Å². The first-order valence-electron chi connectivity index (χ1n) is 3.36. The van der Waals surface area contributed by atoms with E-state index < -0.39 is 0 Å². The minimum absolute atomic E-state index is 0. The van der Waals surface area contributed by atoms with E-state index in [1.807, 2.05) is 7.05 Å². The second-order valence-electron chi connectivity index (χ2n) is 2.38. The van der Waals surface area contributed by atoms with Gasteiger partial charge >= 0.3 is 0 Å². The molecule has 2 heteroatoms. The van der Waals surface area contributed by atoms with Gasteiger partial charge in [0, 0.05) is 6.04 Å². The molecule has 1 unspecified atom stereocenters. The van der Waals surface area contributed by atoms with Crippen LogP contribution >= 0.6 is 12.4 Å². The number of terminal acetylenes is 1. The molecule has 1 atom stereocenters. The molecular formula is C8H16ClN. The molecule has 0 saturated heterocycles. The van der Waals surface area contributed by atoms with Crippen LogP contribution in [0.15, 0.2) is 0 Å². The lowest BCUT2D eigenvalue weighted by atomic mass is 10.2. The summed E-state index contributed by atoms with van der Waals surface area (Å²) < 4.78 is 0. The molecule has 1 nitrogen and oxygen atoms in total. The Morgan fingerprint density at radius 2 is 2.10 bits per heavy atom. The van der Waals surface area contributed by atoms with Crippen molar-refractivity contribution in [3.63, 3.8) is 0 Å². The quantitative estimate of drug-likeness (QED) is 0.571. The van der Waals surface area contributed by atoms with Crippen molar-refractivity contribution in [3.05, 3.63) is 0 Å². The lowest BCUT2D eigenvalue weighted by Crippen LogP contribution is -2.28. The highest BCUT2D eigenvalue weighted by atomic mass is 35.5. The minimum atomic E-state index is 0. The van der Waals surface area contributed by atoms with E-state index in [0.717, 1.165) is 13.0 Å². The van der Waals surface area contributed by atoms with Gasteiger partial charge in [0.25, 0.3) is 0 Å². The molecule has 0 saturated carbocycles. The number of rotatable bonds is 3. The van der Waals surface area contributed by atoms with Crippen LogP contribution in [0.3, 0.4) is 0 Å². The molecule has 0 aliphatic heterocycles. The number of halogens is 1. The summed E-state index contributed by atoms with van der Waals surface area (Å²) in [5.41, 5.74) is 0. The van der Waals surface area contributed by atoms with Crippen LogP contribution in [-0.4, -0.2) is 24.5 Å². The molecule has 60 valence electrons. The predicted molar refractivity (Wildman–Crippen MR) is 48.5 cm³/mol. The van der Waals surface area contributed by atoms with Crippen molar-refractivity contribution in [1.29, 1.82) is 0 Å². The van der Waals surface area contributed by atoms with E-state index >= 15 is 0 Å². The van der Waals surface area contributed by atoms with Crippen LogP contribution in [0.25, 0.3) is 0 Å². The largest absolute Gasteiger partial charge is 0.293 e. The maximum absolute atomic E-state index is 5.13. The van der Waals surface area contributed by atoms with Crippen molar-refractivity contribution < 1.29 is 0 Å². The molecule has 0 rings (SSSR count). The van der Waals surface area contributed by atoms with E-state index in [4.69, 9.17) is 6.42 Å². The molecule has 0 heterocycles. The zero-order chi connectivity index (χ0) is 7.28. The second-order valence-corrected chi connectivity index (χ2v) is 2.38. The van der Waals surface area contributed by atoms with Crippen molar-refractivity contribution in [2.24, 2.45) is 0 Å². The summed E-state index contributed by atoms with van der Waals surface area (Å²) in [6, 6.07) is 0.612. The summed E-state index contributed by atoms with van der Waals surface area (Å²) in [5, 5.41) is 0. The van der Waals surface area contributed by atoms with Gasteiger partial charge in [-0.2, -0.15) is 0 Å². The van der Waals surface area contributed by atoms with Crippen molar-refractivity contribution >= 4 is 12.4 Å². The zero-order valence-corrected chi connectivity index (χ0v) is 7.74. The van der Waals surface area contributed by atoms with Gasteiger partial charge in [-0.3, -0.25) is 4.90 Å². The third-order valence-corrected chi connectivity index (χ3v) is 1.68. The van der Waals surface area contributed by atoms with Crippen LogP contribution in [0.4, 0.5) is 0 Å². The zero-order valence-electron chi connectivity index (χ0n) is 6.92. The Balaban J connectivity index is 0. The minimum Gasteiger partial charge on any atom is -0.293 e. The number of nitrogens with zero attached hydrogens (tertiary/aromatic N) is 1. The van der Waals surface area contributed by atoms with Crippen molar-refractivity contribution in [3.8, 4) is 12.3 Å². The van der Waals surface area contributed by atoms with Crippen LogP contribution in [-0.2, 0) is 0 Å². The first kappa shape index (κ1) is 12.5. The molecule has 0 bridgehead atoms. The molecular weight excluding hydrogens is 146 g/mol. The average molecular weight is 162 g/mol. The Labute approximate surface area is 70.2 Å². The Hall–Kier alpha value is -0.190. The summed E-state index contributed by atoms with van der Waals surface area (Å²) in [7, 11) is 2.05. The molecule has 0 aromatic heterocycles. The monoisotopic (exact) mass is 161 g/mol. The fraction of sp³-hybridized carbons (Fsp3) is 0.750. The van der Waals surface area contributed by atoms with Gasteiger partial charge in [-0.25, -0.2) is 0 Å². The molecule has 10 heavy (non-hydrogen) atoms. The lowest BCUT2D eigenvalue weighted by molar-refractivity contribution is 0.282. The number of hydrogen-bond acceptors (Lipinski definition) is 1. The highest BCUT2D eigenvalue weighted by Gasteiger charge is 2.02. The van der Waals surface area contributed by atoms with Gasteiger partial charge < -0.3 is 0 Å². The molecule has 0 aliphatic rings. The standard InChI is InChI=1S/C8H15N.ClH/c1-5-7-9(4)8(3)6-2;/h1,8H,6-7H2,2-4H3;1H. The fourth-order valence-electron chi connectivity index (χ4n) is 0.612. The average Bonchev–Trinajstić information content (AvgIpc) is 1.87. The molecule has 0 aliphatic carbocycles. The summed E-state index contributed by atoms with van der Waals surface area (Å²) in [5.74, 6) is 2.61. The molecule has 0 spiro atoms. The molecule has 0 aromatic carbocycles. The normalized spacial score (nSPS) is 11.9. The van der Waals surface area contributed by atoms with Crippen LogP contribution in [0.5, 0.6) is 0 Å². The van der Waals surface area contributed by atoms with Crippen LogP contribution < -0.4 is 0 Å². The maximum Gasteiger partial charge on any atom is 0.0598 e. The summed E-state index contributed by atoms with van der Waals surface area (Å²) in [6.45, 7) is 5.10. The molecule has 0 amide bonds. The predicted octanol–water partition coefficient (Wildman–Crippen LogP) is 1.77. The van der Waals surface area contributed by atoms with Crippen molar-refractivity contribution in [2.45, 2.75) is 26.3 Å². The summed E-state index contributed by atoms with van der Waals surface area (Å²) in [4.78, 5) is 2.17. The van der Waals surface area contributed by atoms with Gasteiger partial charge in [-0.15, -0.1) is 18.8 Å². The third-order valence-electron chi connectivity index (χ3n) is 1.68. The van der Waals surface area contributed by atoms with Gasteiger partial charge in [-0.05, 0) is 20.4 Å². The fourth-order valence-corrected chi connectivity index (χ4v) is 0.612. The van der Waals surface area contributed by atoms with Gasteiger partial charge in [0.2, 0.25) is 0 Å². The van der Waals surface area contributed by atoms with Gasteiger partial charge in [-0.1, -0.05) is 12.8 Å². The Bertz CT molecular complexity index is 106. The van der Waals surface area contributed by atoms with E-state index in [1.165, 1.54) is 0 Å². The van der Waals surface area contributed by atoms with E-state index in [1.54, 1.807) is 0 Å². The molecule has 0 radical (unpaired) electrons. The Morgan fingerprint density at radius 3 is 2.40 bits per heavy atom. The highest BCUT2D eigenvalue weighted by Crippen LogP contribution is 1.97. The molecule has 0 N–H and O–H groups in total. The smallest absolute Gasteiger partial charge is 0.0598 e. The molecule has 0 aromatic rings. The van der Waals surface area contributed by atoms with Crippen molar-refractivity contribution in [1.82, 2.24) is 4.90 Å². The van der Waals surface area contributed by atoms with Crippen LogP contribution in [0.2, 0.25) is 0 Å². The lowest BCUT2D eigenvalue weighted by Gasteiger charge is -2.20. The van der Waals surface area contributed by atoms with Crippen LogP contribution in [0.1, 0.15) is 20.3 Å². The van der Waals surface area contributed by atoms with E-state index in [-0.39, 0.29) is 12.4 Å². The Kier molecular flexibility index (Phi) is 8.64.